The summed E-state index contributed by atoms with van der Waals surface area (Å²) >= 11 is 0. The fraction of sp³-hybridized carbons (Fsp3) is 0.159. The van der Waals surface area contributed by atoms with Crippen molar-refractivity contribution in [2.75, 3.05) is 20.2 Å². The molecule has 0 aliphatic heterocycles. The van der Waals surface area contributed by atoms with Gasteiger partial charge in [0.05, 0.1) is 23.3 Å². The van der Waals surface area contributed by atoms with Gasteiger partial charge in [0.25, 0.3) is 0 Å². The Morgan fingerprint density at radius 2 is 1.00 bits per heavy atom. The van der Waals surface area contributed by atoms with Gasteiger partial charge in [0.2, 0.25) is 13.6 Å². The molecule has 0 fully saturated rings. The number of ether oxygens (including phenoxy) is 7. The van der Waals surface area contributed by atoms with E-state index in [0.717, 1.165) is 34.1 Å². The smallest absolute Gasteiger partial charge is 0.343 e. The monoisotopic (exact) mass is 758 g/mol. The summed E-state index contributed by atoms with van der Waals surface area (Å²) in [6, 6.07) is 24.9. The number of hydrogen-bond acceptors (Lipinski definition) is 12. The molecule has 5 aromatic carbocycles. The van der Waals surface area contributed by atoms with E-state index < -0.39 is 29.8 Å². The fourth-order valence-electron chi connectivity index (χ4n) is 5.39. The molecule has 0 aliphatic carbocycles. The number of hydrogen-bond donors (Lipinski definition) is 0. The Hall–Kier alpha value is -7.21. The molecule has 0 aromatic heterocycles. The number of aryl methyl sites for hydroxylation is 3. The standard InChI is InChI=1S/C44H38O12/c1-6-40(45)53-25-51-38-16-12-33(20-28(38)4)43(48)55-36-14-10-30(27(3)22-36)18-19-50-42(47)35-9-8-32-24-37(15-11-31(32)23-35)56-44(49)34-13-17-39(29(5)21-34)52-26-54-41(46)7-2/h6-17,20-24H,1-2,18-19,25-26H2,3-5H3. The zero-order valence-corrected chi connectivity index (χ0v) is 31.0. The predicted octanol–water partition coefficient (Wildman–Crippen LogP) is 7.73. The Morgan fingerprint density at radius 3 is 1.54 bits per heavy atom. The molecule has 0 spiro atoms. The summed E-state index contributed by atoms with van der Waals surface area (Å²) in [4.78, 5) is 61.0. The van der Waals surface area contributed by atoms with Crippen LogP contribution in [0.3, 0.4) is 0 Å². The molecule has 0 atom stereocenters. The molecule has 0 amide bonds. The first-order valence-electron chi connectivity index (χ1n) is 17.2. The molecule has 12 heteroatoms. The van der Waals surface area contributed by atoms with E-state index in [0.29, 0.717) is 57.2 Å². The van der Waals surface area contributed by atoms with Crippen LogP contribution in [0.15, 0.2) is 116 Å². The van der Waals surface area contributed by atoms with Gasteiger partial charge in [0.1, 0.15) is 23.0 Å². The summed E-state index contributed by atoms with van der Waals surface area (Å²) in [5, 5.41) is 1.50. The summed E-state index contributed by atoms with van der Waals surface area (Å²) < 4.78 is 37.2. The maximum Gasteiger partial charge on any atom is 0.343 e. The van der Waals surface area contributed by atoms with Gasteiger partial charge < -0.3 is 33.2 Å². The van der Waals surface area contributed by atoms with Crippen LogP contribution in [0.1, 0.15) is 53.3 Å². The quantitative estimate of drug-likeness (QED) is 0.0319. The lowest BCUT2D eigenvalue weighted by Crippen LogP contribution is -2.11. The van der Waals surface area contributed by atoms with Crippen LogP contribution >= 0.6 is 0 Å². The van der Waals surface area contributed by atoms with Crippen molar-refractivity contribution in [3.05, 3.63) is 155 Å². The summed E-state index contributed by atoms with van der Waals surface area (Å²) in [6.45, 7) is 11.6. The molecule has 286 valence electrons. The third-order valence-electron chi connectivity index (χ3n) is 8.37. The van der Waals surface area contributed by atoms with Crippen molar-refractivity contribution in [1.82, 2.24) is 0 Å². The summed E-state index contributed by atoms with van der Waals surface area (Å²) in [5.74, 6) is -1.25. The van der Waals surface area contributed by atoms with E-state index in [9.17, 15) is 24.0 Å². The minimum Gasteiger partial charge on any atom is -0.462 e. The van der Waals surface area contributed by atoms with Crippen LogP contribution in [0.25, 0.3) is 10.8 Å². The number of esters is 5. The summed E-state index contributed by atoms with van der Waals surface area (Å²) in [5.41, 5.74) is 4.06. The van der Waals surface area contributed by atoms with Crippen molar-refractivity contribution in [3.8, 4) is 23.0 Å². The molecule has 0 radical (unpaired) electrons. The van der Waals surface area contributed by atoms with Gasteiger partial charge in [0.15, 0.2) is 0 Å². The molecule has 0 aliphatic rings. The van der Waals surface area contributed by atoms with E-state index in [2.05, 4.69) is 13.2 Å². The van der Waals surface area contributed by atoms with Crippen LogP contribution in [0.2, 0.25) is 0 Å². The van der Waals surface area contributed by atoms with Gasteiger partial charge in [-0.3, -0.25) is 0 Å². The predicted molar refractivity (Wildman–Crippen MR) is 205 cm³/mol. The number of rotatable bonds is 16. The third kappa shape index (κ3) is 10.7. The van der Waals surface area contributed by atoms with Crippen LogP contribution in [0.4, 0.5) is 0 Å². The second-order valence-corrected chi connectivity index (χ2v) is 12.3. The maximum absolute atomic E-state index is 12.9. The molecular weight excluding hydrogens is 720 g/mol. The summed E-state index contributed by atoms with van der Waals surface area (Å²) in [7, 11) is 0. The topological polar surface area (TPSA) is 150 Å². The van der Waals surface area contributed by atoms with E-state index in [-0.39, 0.29) is 20.2 Å². The average Bonchev–Trinajstić information content (AvgIpc) is 3.19. The van der Waals surface area contributed by atoms with Crippen molar-refractivity contribution in [2.24, 2.45) is 0 Å². The zero-order valence-electron chi connectivity index (χ0n) is 31.0. The lowest BCUT2D eigenvalue weighted by Gasteiger charge is -2.12. The molecule has 5 rings (SSSR count). The summed E-state index contributed by atoms with van der Waals surface area (Å²) in [6.07, 6.45) is 2.51. The second kappa shape index (κ2) is 18.7. The molecule has 0 N–H and O–H groups in total. The van der Waals surface area contributed by atoms with Crippen LogP contribution < -0.4 is 18.9 Å². The lowest BCUT2D eigenvalue weighted by atomic mass is 10.1. The Balaban J connectivity index is 1.10. The van der Waals surface area contributed by atoms with Crippen molar-refractivity contribution in [2.45, 2.75) is 27.2 Å². The molecule has 56 heavy (non-hydrogen) atoms. The Bertz CT molecular complexity index is 2320. The molecule has 0 unspecified atom stereocenters. The SMILES string of the molecule is C=CC(=O)OCOc1ccc(C(=O)Oc2ccc(CCOC(=O)c3ccc4cc(OC(=O)c5ccc(OCOC(=O)C=C)c(C)c5)ccc4c3)c(C)c2)cc1C. The van der Waals surface area contributed by atoms with E-state index in [1.165, 1.54) is 0 Å². The second-order valence-electron chi connectivity index (χ2n) is 12.3. The highest BCUT2D eigenvalue weighted by Gasteiger charge is 2.15. The average molecular weight is 759 g/mol. The molecule has 0 saturated heterocycles. The highest BCUT2D eigenvalue weighted by atomic mass is 16.7. The molecule has 12 nitrogen and oxygen atoms in total. The van der Waals surface area contributed by atoms with Crippen LogP contribution in [-0.4, -0.2) is 50.0 Å². The van der Waals surface area contributed by atoms with Crippen LogP contribution in [0.5, 0.6) is 23.0 Å². The normalized spacial score (nSPS) is 10.5. The molecule has 0 heterocycles. The first-order chi connectivity index (χ1) is 26.9. The highest BCUT2D eigenvalue weighted by molar-refractivity contribution is 5.97. The Morgan fingerprint density at radius 1 is 0.518 bits per heavy atom. The van der Waals surface area contributed by atoms with Gasteiger partial charge in [0, 0.05) is 18.6 Å². The minimum absolute atomic E-state index is 0.127. The van der Waals surface area contributed by atoms with Gasteiger partial charge >= 0.3 is 29.8 Å². The maximum atomic E-state index is 12.9. The van der Waals surface area contributed by atoms with E-state index in [1.807, 2.05) is 13.0 Å². The van der Waals surface area contributed by atoms with E-state index in [1.54, 1.807) is 98.8 Å². The van der Waals surface area contributed by atoms with Gasteiger partial charge in [-0.2, -0.15) is 0 Å². The fourth-order valence-corrected chi connectivity index (χ4v) is 5.39. The third-order valence-corrected chi connectivity index (χ3v) is 8.37. The van der Waals surface area contributed by atoms with Crippen molar-refractivity contribution < 1.29 is 57.1 Å². The van der Waals surface area contributed by atoms with Gasteiger partial charge in [-0.05, 0) is 127 Å². The largest absolute Gasteiger partial charge is 0.462 e. The molecule has 0 bridgehead atoms. The number of carbonyl (C=O) groups is 5. The number of benzene rings is 5. The number of fused-ring (bicyclic) bond motifs is 1. The highest BCUT2D eigenvalue weighted by Crippen LogP contribution is 2.26. The van der Waals surface area contributed by atoms with Crippen molar-refractivity contribution in [1.29, 1.82) is 0 Å². The molecular formula is C44H38O12. The Labute approximate surface area is 322 Å². The minimum atomic E-state index is -0.610. The van der Waals surface area contributed by atoms with Gasteiger partial charge in [-0.25, -0.2) is 24.0 Å². The van der Waals surface area contributed by atoms with Crippen molar-refractivity contribution >= 4 is 40.6 Å². The lowest BCUT2D eigenvalue weighted by molar-refractivity contribution is -0.145. The van der Waals surface area contributed by atoms with Crippen molar-refractivity contribution in [3.63, 3.8) is 0 Å². The first kappa shape index (κ1) is 40.0. The van der Waals surface area contributed by atoms with E-state index in [4.69, 9.17) is 33.2 Å². The van der Waals surface area contributed by atoms with Gasteiger partial charge in [-0.15, -0.1) is 0 Å². The molecule has 0 saturated carbocycles. The van der Waals surface area contributed by atoms with Crippen LogP contribution in [-0.2, 0) is 30.2 Å². The van der Waals surface area contributed by atoms with E-state index >= 15 is 0 Å². The number of carbonyl (C=O) groups excluding carboxylic acids is 5. The molecule has 5 aromatic rings. The van der Waals surface area contributed by atoms with Gasteiger partial charge in [-0.1, -0.05) is 31.4 Å². The Kier molecular flexibility index (Phi) is 13.4. The van der Waals surface area contributed by atoms with Crippen LogP contribution in [0, 0.1) is 20.8 Å². The zero-order chi connectivity index (χ0) is 40.2. The first-order valence-corrected chi connectivity index (χ1v) is 17.2.